The van der Waals surface area contributed by atoms with Gasteiger partial charge in [0.1, 0.15) is 0 Å². The molecule has 0 N–H and O–H groups in total. The van der Waals surface area contributed by atoms with Crippen molar-refractivity contribution in [2.75, 3.05) is 0 Å². The topological polar surface area (TPSA) is 34.1 Å². The van der Waals surface area contributed by atoms with E-state index in [1.165, 1.54) is 0 Å². The van der Waals surface area contributed by atoms with E-state index in [-0.39, 0.29) is 12.6 Å². The number of hydrogen-bond donors (Lipinski definition) is 0. The van der Waals surface area contributed by atoms with Crippen LogP contribution in [0.3, 0.4) is 0 Å². The molecule has 0 spiro atoms. The molecule has 0 radical (unpaired) electrons. The highest BCUT2D eigenvalue weighted by Crippen LogP contribution is 2.25. The van der Waals surface area contributed by atoms with Gasteiger partial charge in [-0.2, -0.15) is 0 Å². The van der Waals surface area contributed by atoms with Crippen LogP contribution in [0, 0.1) is 0 Å². The van der Waals surface area contributed by atoms with Crippen molar-refractivity contribution in [1.29, 1.82) is 0 Å². The maximum atomic E-state index is 11.0. The van der Waals surface area contributed by atoms with Gasteiger partial charge in [-0.25, -0.2) is 0 Å². The fourth-order valence-corrected chi connectivity index (χ4v) is 2.35. The van der Waals surface area contributed by atoms with Gasteiger partial charge in [-0.3, -0.25) is 9.59 Å². The molecule has 1 rings (SSSR count). The van der Waals surface area contributed by atoms with Crippen molar-refractivity contribution in [3.05, 3.63) is 34.3 Å². The zero-order valence-electron chi connectivity index (χ0n) is 6.18. The lowest BCUT2D eigenvalue weighted by atomic mass is 10.1. The van der Waals surface area contributed by atoms with Crippen molar-refractivity contribution in [2.24, 2.45) is 0 Å². The Morgan fingerprint density at radius 3 is 1.77 bits per heavy atom. The summed E-state index contributed by atoms with van der Waals surface area (Å²) in [5.74, 6) is 0. The van der Waals surface area contributed by atoms with Crippen molar-refractivity contribution in [1.82, 2.24) is 0 Å². The van der Waals surface area contributed by atoms with E-state index in [0.29, 0.717) is 11.1 Å². The molecule has 0 bridgehead atoms. The normalized spacial score (nSPS) is 9.77. The summed E-state index contributed by atoms with van der Waals surface area (Å²) >= 11 is 9.12. The Balaban J connectivity index is 3.35. The molecule has 5 heteroatoms. The summed E-state index contributed by atoms with van der Waals surface area (Å²) < 4.78 is -0.329. The zero-order valence-corrected chi connectivity index (χ0v) is 11.3. The van der Waals surface area contributed by atoms with Gasteiger partial charge < -0.3 is 0 Å². The van der Waals surface area contributed by atoms with E-state index in [9.17, 15) is 9.59 Å². The zero-order chi connectivity index (χ0) is 10.0. The van der Waals surface area contributed by atoms with Crippen molar-refractivity contribution in [2.45, 2.75) is 0 Å². The van der Waals surface area contributed by atoms with Gasteiger partial charge in [0.15, 0.2) is 0 Å². The van der Waals surface area contributed by atoms with E-state index in [1.807, 2.05) is 0 Å². The predicted octanol–water partition coefficient (Wildman–Crippen LogP) is 3.49. The first-order chi connectivity index (χ1) is 6.04. The van der Waals surface area contributed by atoms with Crippen molar-refractivity contribution in [3.63, 3.8) is 0 Å². The van der Waals surface area contributed by atoms with Crippen LogP contribution >= 0.6 is 56.8 Å². The molecule has 0 saturated heterocycles. The van der Waals surface area contributed by atoms with E-state index >= 15 is 0 Å². The Kier molecular flexibility index (Phi) is 4.11. The fourth-order valence-electron chi connectivity index (χ4n) is 0.836. The summed E-state index contributed by atoms with van der Waals surface area (Å²) in [6, 6.07) is 4.84. The first kappa shape index (κ1) is 11.4. The molecule has 0 atom stereocenters. The van der Waals surface area contributed by atoms with E-state index in [4.69, 9.17) is 11.6 Å². The molecule has 2 nitrogen and oxygen atoms in total. The molecule has 0 aromatic heterocycles. The first-order valence-corrected chi connectivity index (χ1v) is 5.75. The summed E-state index contributed by atoms with van der Waals surface area (Å²) in [5, 5.41) is 0.237. The number of carbonyl (C=O) groups is 2. The van der Waals surface area contributed by atoms with Crippen LogP contribution in [0.4, 0.5) is 0 Å². The Morgan fingerprint density at radius 2 is 1.46 bits per heavy atom. The highest BCUT2D eigenvalue weighted by molar-refractivity contribution is 14.1. The third kappa shape index (κ3) is 2.63. The Labute approximate surface area is 107 Å². The van der Waals surface area contributed by atoms with E-state index < -0.39 is 0 Å². The van der Waals surface area contributed by atoms with Crippen molar-refractivity contribution >= 4 is 64.4 Å². The molecule has 1 aromatic rings. The maximum absolute atomic E-state index is 11.0. The van der Waals surface area contributed by atoms with Crippen molar-refractivity contribution in [3.8, 4) is 0 Å². The second-order valence-electron chi connectivity index (χ2n) is 2.21. The monoisotopic (exact) mass is 420 g/mol. The van der Waals surface area contributed by atoms with Gasteiger partial charge in [0.2, 0.25) is 7.58 Å². The minimum Gasteiger partial charge on any atom is -0.282 e. The molecular formula is C8H3ClI2O2. The maximum Gasteiger partial charge on any atom is 0.223 e. The molecule has 0 unspecified atom stereocenters. The summed E-state index contributed by atoms with van der Waals surface area (Å²) in [4.78, 5) is 22.1. The van der Waals surface area contributed by atoms with Gasteiger partial charge in [-0.15, -0.1) is 0 Å². The molecular weight excluding hydrogens is 417 g/mol. The van der Waals surface area contributed by atoms with Crippen LogP contribution in [0.5, 0.6) is 0 Å². The van der Waals surface area contributed by atoms with Crippen LogP contribution < -0.4 is 0 Å². The third-order valence-electron chi connectivity index (χ3n) is 1.42. The Bertz CT molecular complexity index is 344. The Morgan fingerprint density at radius 1 is 1.08 bits per heavy atom. The number of benzene rings is 1. The van der Waals surface area contributed by atoms with Gasteiger partial charge in [0.25, 0.3) is 0 Å². The molecule has 1 aromatic carbocycles. The highest BCUT2D eigenvalue weighted by Gasteiger charge is 2.13. The Hall–Kier alpha value is 0.310. The summed E-state index contributed by atoms with van der Waals surface area (Å²) in [7, 11) is 0. The van der Waals surface area contributed by atoms with E-state index in [0.717, 1.165) is 0 Å². The smallest absolute Gasteiger partial charge is 0.223 e. The van der Waals surface area contributed by atoms with E-state index in [2.05, 4.69) is 0 Å². The molecule has 0 aliphatic rings. The fraction of sp³-hybridized carbons (Fsp3) is 0. The molecule has 0 amide bonds. The number of rotatable bonds is 2. The van der Waals surface area contributed by atoms with Gasteiger partial charge >= 0.3 is 0 Å². The summed E-state index contributed by atoms with van der Waals surface area (Å²) in [5.41, 5.74) is 0.759. The largest absolute Gasteiger partial charge is 0.282 e. The molecule has 0 fully saturated rings. The van der Waals surface area contributed by atoms with Gasteiger partial charge in [-0.05, 0) is 12.1 Å². The van der Waals surface area contributed by atoms with Crippen LogP contribution in [0.1, 0.15) is 20.7 Å². The average molecular weight is 420 g/mol. The molecule has 0 aliphatic heterocycles. The molecule has 0 saturated carbocycles. The number of hydrogen-bond acceptors (Lipinski definition) is 2. The van der Waals surface area contributed by atoms with Crippen molar-refractivity contribution < 1.29 is 9.59 Å². The van der Waals surface area contributed by atoms with Crippen LogP contribution in [0.15, 0.2) is 18.2 Å². The second kappa shape index (κ2) is 4.70. The van der Waals surface area contributed by atoms with Gasteiger partial charge in [-0.1, -0.05) is 17.7 Å². The first-order valence-electron chi connectivity index (χ1n) is 3.22. The molecule has 68 valence electrons. The molecule has 13 heavy (non-hydrogen) atoms. The van der Waals surface area contributed by atoms with Crippen LogP contribution in [-0.4, -0.2) is 7.58 Å². The second-order valence-corrected chi connectivity index (χ2v) is 4.55. The average Bonchev–Trinajstić information content (AvgIpc) is 2.03. The molecule has 0 heterocycles. The summed E-state index contributed by atoms with van der Waals surface area (Å²) in [6.45, 7) is 0. The van der Waals surface area contributed by atoms with Crippen LogP contribution in [0.25, 0.3) is 0 Å². The lowest BCUT2D eigenvalue weighted by molar-refractivity contribution is 0.110. The summed E-state index contributed by atoms with van der Waals surface area (Å²) in [6.07, 6.45) is 0. The third-order valence-corrected chi connectivity index (χ3v) is 2.99. The number of halogens is 3. The minimum absolute atomic E-state index is 0.165. The number of carbonyl (C=O) groups excluding carboxylic acids is 2. The minimum atomic E-state index is -0.165. The van der Waals surface area contributed by atoms with E-state index in [1.54, 1.807) is 63.4 Å². The van der Waals surface area contributed by atoms with Crippen LogP contribution in [-0.2, 0) is 0 Å². The lowest BCUT2D eigenvalue weighted by Gasteiger charge is -2.01. The molecule has 0 aliphatic carbocycles. The van der Waals surface area contributed by atoms with Crippen LogP contribution in [0.2, 0.25) is 5.02 Å². The predicted molar refractivity (Wildman–Crippen MR) is 68.2 cm³/mol. The standard InChI is InChI=1S/C8H3ClI2O2/c9-6-4(7(10)12)2-1-3-5(6)8(11)13/h1-3H. The SMILES string of the molecule is O=C(I)c1cccc(C(=O)I)c1Cl. The highest BCUT2D eigenvalue weighted by atomic mass is 127. The lowest BCUT2D eigenvalue weighted by Crippen LogP contribution is -1.96. The van der Waals surface area contributed by atoms with Gasteiger partial charge in [0, 0.05) is 56.3 Å². The quantitative estimate of drug-likeness (QED) is 0.542. The van der Waals surface area contributed by atoms with Gasteiger partial charge in [0.05, 0.1) is 5.02 Å².